The van der Waals surface area contributed by atoms with Crippen molar-refractivity contribution in [3.63, 3.8) is 0 Å². The van der Waals surface area contributed by atoms with Crippen molar-refractivity contribution < 1.29 is 4.79 Å². The highest BCUT2D eigenvalue weighted by Gasteiger charge is 2.11. The van der Waals surface area contributed by atoms with Crippen molar-refractivity contribution in [1.29, 1.82) is 0 Å². The van der Waals surface area contributed by atoms with Crippen molar-refractivity contribution in [2.75, 3.05) is 5.32 Å². The minimum atomic E-state index is -0.258. The van der Waals surface area contributed by atoms with E-state index in [1.54, 1.807) is 35.4 Å². The first-order chi connectivity index (χ1) is 12.7. The lowest BCUT2D eigenvalue weighted by Gasteiger charge is -2.04. The number of halogens is 1. The molecule has 0 radical (unpaired) electrons. The van der Waals surface area contributed by atoms with Crippen LogP contribution in [0, 0.1) is 0 Å². The quantitative estimate of drug-likeness (QED) is 0.572. The third kappa shape index (κ3) is 3.49. The Morgan fingerprint density at radius 3 is 2.69 bits per heavy atom. The third-order valence-corrected chi connectivity index (χ3v) is 4.65. The molecule has 128 valence electrons. The monoisotopic (exact) mass is 381 g/mol. The number of amides is 1. The zero-order chi connectivity index (χ0) is 17.9. The van der Waals surface area contributed by atoms with Gasteiger partial charge in [-0.25, -0.2) is 15.0 Å². The van der Waals surface area contributed by atoms with Crippen molar-refractivity contribution in [3.8, 4) is 17.1 Å². The minimum absolute atomic E-state index is 0.258. The number of aromatic nitrogens is 4. The molecule has 6 nitrogen and oxygen atoms in total. The van der Waals surface area contributed by atoms with Crippen LogP contribution in [-0.2, 0) is 0 Å². The number of imidazole rings is 1. The molecule has 4 aromatic rings. The molecule has 0 fully saturated rings. The second-order valence-corrected chi connectivity index (χ2v) is 6.67. The lowest BCUT2D eigenvalue weighted by molar-refractivity contribution is 0.102. The number of carbonyl (C=O) groups is 1. The summed E-state index contributed by atoms with van der Waals surface area (Å²) in [4.78, 5) is 25.1. The van der Waals surface area contributed by atoms with E-state index in [1.807, 2.05) is 29.6 Å². The topological polar surface area (TPSA) is 72.7 Å². The first-order valence-corrected chi connectivity index (χ1v) is 8.92. The Balaban J connectivity index is 1.47. The van der Waals surface area contributed by atoms with Gasteiger partial charge in [0.15, 0.2) is 5.13 Å². The van der Waals surface area contributed by atoms with E-state index < -0.39 is 0 Å². The number of rotatable bonds is 4. The van der Waals surface area contributed by atoms with Crippen molar-refractivity contribution in [3.05, 3.63) is 77.3 Å². The van der Waals surface area contributed by atoms with Gasteiger partial charge < -0.3 is 0 Å². The summed E-state index contributed by atoms with van der Waals surface area (Å²) in [6.07, 6.45) is 6.63. The molecule has 1 amide bonds. The Bertz CT molecular complexity index is 1030. The smallest absolute Gasteiger partial charge is 0.259 e. The first-order valence-electron chi connectivity index (χ1n) is 7.66. The molecule has 3 aromatic heterocycles. The summed E-state index contributed by atoms with van der Waals surface area (Å²) in [5.74, 6) is 0.435. The summed E-state index contributed by atoms with van der Waals surface area (Å²) < 4.78 is 1.76. The van der Waals surface area contributed by atoms with Crippen LogP contribution in [0.4, 0.5) is 5.13 Å². The van der Waals surface area contributed by atoms with E-state index in [4.69, 9.17) is 11.6 Å². The van der Waals surface area contributed by atoms with Crippen LogP contribution in [0.3, 0.4) is 0 Å². The van der Waals surface area contributed by atoms with Crippen LogP contribution < -0.4 is 5.32 Å². The summed E-state index contributed by atoms with van der Waals surface area (Å²) in [6.45, 7) is 0. The van der Waals surface area contributed by atoms with Crippen LogP contribution in [-0.4, -0.2) is 25.4 Å². The summed E-state index contributed by atoms with van der Waals surface area (Å²) in [7, 11) is 0. The first kappa shape index (κ1) is 16.4. The molecule has 0 unspecified atom stereocenters. The molecular formula is C18H12ClN5OS. The Morgan fingerprint density at radius 2 is 2.00 bits per heavy atom. The lowest BCUT2D eigenvalue weighted by Crippen LogP contribution is -2.12. The molecule has 0 saturated heterocycles. The van der Waals surface area contributed by atoms with E-state index in [2.05, 4.69) is 20.3 Å². The molecule has 0 saturated carbocycles. The van der Waals surface area contributed by atoms with Crippen LogP contribution >= 0.6 is 22.9 Å². The number of nitrogens with one attached hydrogen (secondary N) is 1. The van der Waals surface area contributed by atoms with E-state index in [0.29, 0.717) is 21.5 Å². The summed E-state index contributed by atoms with van der Waals surface area (Å²) in [6, 6.07) is 10.9. The maximum Gasteiger partial charge on any atom is 0.259 e. The summed E-state index contributed by atoms with van der Waals surface area (Å²) in [5, 5.41) is 5.88. The average molecular weight is 382 g/mol. The fourth-order valence-corrected chi connectivity index (χ4v) is 3.16. The van der Waals surface area contributed by atoms with E-state index in [0.717, 1.165) is 11.3 Å². The summed E-state index contributed by atoms with van der Waals surface area (Å²) >= 11 is 7.26. The van der Waals surface area contributed by atoms with Gasteiger partial charge in [-0.15, -0.1) is 11.3 Å². The number of hydrogen-bond acceptors (Lipinski definition) is 5. The highest BCUT2D eigenvalue weighted by atomic mass is 35.5. The van der Waals surface area contributed by atoms with E-state index in [9.17, 15) is 4.79 Å². The van der Waals surface area contributed by atoms with Gasteiger partial charge in [0.1, 0.15) is 12.1 Å². The fourth-order valence-electron chi connectivity index (χ4n) is 2.32. The molecule has 4 rings (SSSR count). The highest BCUT2D eigenvalue weighted by molar-refractivity contribution is 7.14. The number of hydrogen-bond donors (Lipinski definition) is 1. The van der Waals surface area contributed by atoms with Crippen LogP contribution in [0.5, 0.6) is 0 Å². The van der Waals surface area contributed by atoms with Crippen LogP contribution in [0.15, 0.2) is 66.7 Å². The molecule has 1 aromatic carbocycles. The number of thiazole rings is 1. The Hall–Kier alpha value is -3.03. The van der Waals surface area contributed by atoms with Gasteiger partial charge in [-0.05, 0) is 24.3 Å². The van der Waals surface area contributed by atoms with Crippen LogP contribution in [0.1, 0.15) is 10.4 Å². The molecule has 0 aliphatic heterocycles. The zero-order valence-electron chi connectivity index (χ0n) is 13.3. The van der Waals surface area contributed by atoms with Gasteiger partial charge in [-0.2, -0.15) is 0 Å². The van der Waals surface area contributed by atoms with Gasteiger partial charge in [-0.1, -0.05) is 23.7 Å². The lowest BCUT2D eigenvalue weighted by atomic mass is 10.2. The Labute approximate surface area is 158 Å². The summed E-state index contributed by atoms with van der Waals surface area (Å²) in [5.41, 5.74) is 2.19. The number of benzene rings is 1. The molecule has 0 spiro atoms. The van der Waals surface area contributed by atoms with Gasteiger partial charge in [0.05, 0.1) is 11.3 Å². The molecular weight excluding hydrogens is 370 g/mol. The van der Waals surface area contributed by atoms with Crippen LogP contribution in [0.25, 0.3) is 17.1 Å². The Kier molecular flexibility index (Phi) is 4.47. The Morgan fingerprint density at radius 1 is 1.15 bits per heavy atom. The molecule has 3 heterocycles. The van der Waals surface area contributed by atoms with Crippen LogP contribution in [0.2, 0.25) is 5.02 Å². The molecule has 0 aliphatic carbocycles. The molecule has 0 bridgehead atoms. The molecule has 0 aliphatic rings. The van der Waals surface area contributed by atoms with Crippen molar-refractivity contribution in [2.45, 2.75) is 0 Å². The predicted molar refractivity (Wildman–Crippen MR) is 102 cm³/mol. The van der Waals surface area contributed by atoms with E-state index >= 15 is 0 Å². The largest absolute Gasteiger partial charge is 0.298 e. The van der Waals surface area contributed by atoms with Gasteiger partial charge in [-0.3, -0.25) is 14.7 Å². The molecule has 8 heteroatoms. The standard InChI is InChI=1S/C18H12ClN5OS/c19-14-4-1-12(2-5-14)15-10-26-18(22-15)23-17(25)13-3-6-16(21-9-13)24-8-7-20-11-24/h1-11H,(H,22,23,25). The number of anilines is 1. The highest BCUT2D eigenvalue weighted by Crippen LogP contribution is 2.26. The molecule has 0 atom stereocenters. The van der Waals surface area contributed by atoms with E-state index in [-0.39, 0.29) is 5.91 Å². The maximum absolute atomic E-state index is 12.4. The SMILES string of the molecule is O=C(Nc1nc(-c2ccc(Cl)cc2)cs1)c1ccc(-n2ccnc2)nc1. The van der Waals surface area contributed by atoms with Gasteiger partial charge in [0, 0.05) is 34.6 Å². The third-order valence-electron chi connectivity index (χ3n) is 3.64. The van der Waals surface area contributed by atoms with Gasteiger partial charge in [0.25, 0.3) is 5.91 Å². The van der Waals surface area contributed by atoms with Crippen molar-refractivity contribution in [1.82, 2.24) is 19.5 Å². The van der Waals surface area contributed by atoms with Gasteiger partial charge in [0.2, 0.25) is 0 Å². The number of carbonyl (C=O) groups excluding carboxylic acids is 1. The second kappa shape index (κ2) is 7.07. The van der Waals surface area contributed by atoms with E-state index in [1.165, 1.54) is 17.5 Å². The average Bonchev–Trinajstić information content (AvgIpc) is 3.35. The maximum atomic E-state index is 12.4. The number of nitrogens with zero attached hydrogens (tertiary/aromatic N) is 4. The second-order valence-electron chi connectivity index (χ2n) is 5.37. The molecule has 1 N–H and O–H groups in total. The predicted octanol–water partition coefficient (Wildman–Crippen LogP) is 4.30. The zero-order valence-corrected chi connectivity index (χ0v) is 14.9. The van der Waals surface area contributed by atoms with Crippen molar-refractivity contribution in [2.24, 2.45) is 0 Å². The molecule has 26 heavy (non-hydrogen) atoms. The minimum Gasteiger partial charge on any atom is -0.298 e. The number of pyridine rings is 1. The fraction of sp³-hybridized carbons (Fsp3) is 0. The van der Waals surface area contributed by atoms with Gasteiger partial charge >= 0.3 is 0 Å². The normalized spacial score (nSPS) is 10.7. The van der Waals surface area contributed by atoms with Crippen molar-refractivity contribution >= 4 is 34.0 Å².